The molecule has 1 N–H and O–H groups in total. The number of sulfonamides is 1. The number of hydrogen-bond acceptors (Lipinski definition) is 4. The summed E-state index contributed by atoms with van der Waals surface area (Å²) in [7, 11) is -3.73. The molecule has 0 fully saturated rings. The molecule has 1 aliphatic heterocycles. The molecular formula is C17H18FNO4S. The van der Waals surface area contributed by atoms with Crippen molar-refractivity contribution in [3.05, 3.63) is 53.3 Å². The number of hydrogen-bond donors (Lipinski definition) is 1. The quantitative estimate of drug-likeness (QED) is 0.920. The molecule has 0 radical (unpaired) electrons. The molecule has 0 atom stereocenters. The van der Waals surface area contributed by atoms with E-state index in [1.165, 1.54) is 18.2 Å². The van der Waals surface area contributed by atoms with Gasteiger partial charge >= 0.3 is 0 Å². The summed E-state index contributed by atoms with van der Waals surface area (Å²) in [6, 6.07) is 9.12. The Morgan fingerprint density at radius 2 is 1.83 bits per heavy atom. The molecule has 0 amide bonds. The van der Waals surface area contributed by atoms with Crippen LogP contribution in [0, 0.1) is 12.7 Å². The Kier molecular flexibility index (Phi) is 4.73. The highest BCUT2D eigenvalue weighted by Crippen LogP contribution is 2.31. The van der Waals surface area contributed by atoms with E-state index < -0.39 is 10.0 Å². The van der Waals surface area contributed by atoms with Crippen molar-refractivity contribution in [1.29, 1.82) is 0 Å². The van der Waals surface area contributed by atoms with Crippen LogP contribution in [-0.4, -0.2) is 21.6 Å². The van der Waals surface area contributed by atoms with Gasteiger partial charge in [0, 0.05) is 19.0 Å². The van der Waals surface area contributed by atoms with Crippen molar-refractivity contribution in [3.63, 3.8) is 0 Å². The molecule has 0 saturated heterocycles. The molecule has 1 aliphatic rings. The molecule has 2 aromatic carbocycles. The molecule has 24 heavy (non-hydrogen) atoms. The molecule has 0 spiro atoms. The van der Waals surface area contributed by atoms with E-state index >= 15 is 0 Å². The van der Waals surface area contributed by atoms with E-state index in [1.54, 1.807) is 25.1 Å². The smallest absolute Gasteiger partial charge is 0.241 e. The van der Waals surface area contributed by atoms with E-state index in [1.807, 2.05) is 0 Å². The summed E-state index contributed by atoms with van der Waals surface area (Å²) in [5, 5.41) is 0. The van der Waals surface area contributed by atoms with Gasteiger partial charge in [-0.25, -0.2) is 17.5 Å². The second-order valence-electron chi connectivity index (χ2n) is 5.57. The standard InChI is InChI=1S/C17H18FNO4S/c1-12-3-4-13(9-15(12)18)11-19-24(20,21)14-5-6-16-17(10-14)23-8-2-7-22-16/h3-6,9-10,19H,2,7-8,11H2,1H3. The minimum absolute atomic E-state index is 0.00791. The van der Waals surface area contributed by atoms with Gasteiger partial charge in [-0.05, 0) is 36.2 Å². The molecule has 0 saturated carbocycles. The number of aryl methyl sites for hydroxylation is 1. The molecule has 0 aromatic heterocycles. The van der Waals surface area contributed by atoms with Crippen molar-refractivity contribution in [1.82, 2.24) is 4.72 Å². The Bertz CT molecular complexity index is 852. The van der Waals surface area contributed by atoms with Gasteiger partial charge in [0.15, 0.2) is 11.5 Å². The first kappa shape index (κ1) is 16.7. The molecule has 1 heterocycles. The number of fused-ring (bicyclic) bond motifs is 1. The molecule has 0 bridgehead atoms. The average Bonchev–Trinajstić information content (AvgIpc) is 2.80. The maximum atomic E-state index is 13.5. The van der Waals surface area contributed by atoms with Gasteiger partial charge in [-0.3, -0.25) is 0 Å². The lowest BCUT2D eigenvalue weighted by Crippen LogP contribution is -2.23. The Hall–Kier alpha value is -2.12. The normalized spacial score (nSPS) is 14.2. The second-order valence-corrected chi connectivity index (χ2v) is 7.33. The third kappa shape index (κ3) is 3.68. The first-order chi connectivity index (χ1) is 11.5. The molecule has 7 heteroatoms. The number of halogens is 1. The van der Waals surface area contributed by atoms with Crippen LogP contribution in [0.5, 0.6) is 11.5 Å². The maximum absolute atomic E-state index is 13.5. The second kappa shape index (κ2) is 6.78. The van der Waals surface area contributed by atoms with Crippen LogP contribution in [0.25, 0.3) is 0 Å². The van der Waals surface area contributed by atoms with Gasteiger partial charge in [0.25, 0.3) is 0 Å². The lowest BCUT2D eigenvalue weighted by Gasteiger charge is -2.11. The van der Waals surface area contributed by atoms with Crippen LogP contribution >= 0.6 is 0 Å². The van der Waals surface area contributed by atoms with Gasteiger partial charge in [-0.15, -0.1) is 0 Å². The Morgan fingerprint density at radius 3 is 2.58 bits per heavy atom. The van der Waals surface area contributed by atoms with Crippen molar-refractivity contribution < 1.29 is 22.3 Å². The lowest BCUT2D eigenvalue weighted by atomic mass is 10.1. The summed E-state index contributed by atoms with van der Waals surface area (Å²) in [6.45, 7) is 2.68. The minimum Gasteiger partial charge on any atom is -0.490 e. The highest BCUT2D eigenvalue weighted by atomic mass is 32.2. The third-order valence-corrected chi connectivity index (χ3v) is 5.13. The SMILES string of the molecule is Cc1ccc(CNS(=O)(=O)c2ccc3c(c2)OCCCO3)cc1F. The molecule has 5 nitrogen and oxygen atoms in total. The van der Waals surface area contributed by atoms with Gasteiger partial charge in [0.2, 0.25) is 10.0 Å². The first-order valence-electron chi connectivity index (χ1n) is 7.60. The Morgan fingerprint density at radius 1 is 1.08 bits per heavy atom. The number of rotatable bonds is 4. The van der Waals surface area contributed by atoms with Gasteiger partial charge in [-0.1, -0.05) is 12.1 Å². The molecule has 0 aliphatic carbocycles. The van der Waals surface area contributed by atoms with Crippen LogP contribution in [0.4, 0.5) is 4.39 Å². The van der Waals surface area contributed by atoms with Gasteiger partial charge in [0.05, 0.1) is 18.1 Å². The molecule has 3 rings (SSSR count). The Balaban J connectivity index is 1.77. The maximum Gasteiger partial charge on any atom is 0.241 e. The molecular weight excluding hydrogens is 333 g/mol. The minimum atomic E-state index is -3.73. The molecule has 2 aromatic rings. The van der Waals surface area contributed by atoms with E-state index in [4.69, 9.17) is 9.47 Å². The van der Waals surface area contributed by atoms with E-state index in [-0.39, 0.29) is 17.3 Å². The summed E-state index contributed by atoms with van der Waals surface area (Å²) in [5.74, 6) is 0.589. The number of ether oxygens (including phenoxy) is 2. The van der Waals surface area contributed by atoms with Gasteiger partial charge in [0.1, 0.15) is 5.82 Å². The van der Waals surface area contributed by atoms with Gasteiger partial charge in [-0.2, -0.15) is 0 Å². The highest BCUT2D eigenvalue weighted by molar-refractivity contribution is 7.89. The first-order valence-corrected chi connectivity index (χ1v) is 9.08. The summed E-state index contributed by atoms with van der Waals surface area (Å²) in [4.78, 5) is 0.0827. The fourth-order valence-electron chi connectivity index (χ4n) is 2.32. The topological polar surface area (TPSA) is 64.6 Å². The van der Waals surface area contributed by atoms with Crippen LogP contribution in [0.1, 0.15) is 17.5 Å². The fourth-order valence-corrected chi connectivity index (χ4v) is 3.35. The zero-order valence-electron chi connectivity index (χ0n) is 13.2. The van der Waals surface area contributed by atoms with E-state index in [0.717, 1.165) is 6.42 Å². The van der Waals surface area contributed by atoms with Crippen molar-refractivity contribution in [3.8, 4) is 11.5 Å². The number of nitrogens with one attached hydrogen (secondary N) is 1. The van der Waals surface area contributed by atoms with Crippen LogP contribution < -0.4 is 14.2 Å². The third-order valence-electron chi connectivity index (χ3n) is 3.73. The van der Waals surface area contributed by atoms with Crippen LogP contribution in [-0.2, 0) is 16.6 Å². The summed E-state index contributed by atoms with van der Waals surface area (Å²) >= 11 is 0. The predicted molar refractivity (Wildman–Crippen MR) is 87.2 cm³/mol. The van der Waals surface area contributed by atoms with E-state index in [0.29, 0.717) is 35.8 Å². The molecule has 128 valence electrons. The summed E-state index contributed by atoms with van der Waals surface area (Å²) in [6.07, 6.45) is 0.744. The lowest BCUT2D eigenvalue weighted by molar-refractivity contribution is 0.297. The van der Waals surface area contributed by atoms with Crippen LogP contribution in [0.15, 0.2) is 41.3 Å². The Labute approximate surface area is 140 Å². The van der Waals surface area contributed by atoms with Crippen molar-refractivity contribution in [2.45, 2.75) is 24.8 Å². The van der Waals surface area contributed by atoms with E-state index in [2.05, 4.69) is 4.72 Å². The van der Waals surface area contributed by atoms with Crippen molar-refractivity contribution >= 4 is 10.0 Å². The zero-order chi connectivity index (χ0) is 17.2. The predicted octanol–water partition coefficient (Wildman–Crippen LogP) is 2.77. The van der Waals surface area contributed by atoms with Crippen molar-refractivity contribution in [2.24, 2.45) is 0 Å². The highest BCUT2D eigenvalue weighted by Gasteiger charge is 2.18. The summed E-state index contributed by atoms with van der Waals surface area (Å²) < 4.78 is 51.9. The largest absolute Gasteiger partial charge is 0.490 e. The number of benzene rings is 2. The van der Waals surface area contributed by atoms with Crippen LogP contribution in [0.3, 0.4) is 0 Å². The molecule has 0 unspecified atom stereocenters. The van der Waals surface area contributed by atoms with Gasteiger partial charge < -0.3 is 9.47 Å². The fraction of sp³-hybridized carbons (Fsp3) is 0.294. The monoisotopic (exact) mass is 351 g/mol. The van der Waals surface area contributed by atoms with Crippen LogP contribution in [0.2, 0.25) is 0 Å². The van der Waals surface area contributed by atoms with Crippen molar-refractivity contribution in [2.75, 3.05) is 13.2 Å². The average molecular weight is 351 g/mol. The zero-order valence-corrected chi connectivity index (χ0v) is 14.0. The van der Waals surface area contributed by atoms with E-state index in [9.17, 15) is 12.8 Å². The summed E-state index contributed by atoms with van der Waals surface area (Å²) in [5.41, 5.74) is 1.07.